The van der Waals surface area contributed by atoms with E-state index < -0.39 is 0 Å². The van der Waals surface area contributed by atoms with Crippen molar-refractivity contribution in [3.63, 3.8) is 0 Å². The molecule has 1 heterocycles. The molecule has 30 heavy (non-hydrogen) atoms. The lowest BCUT2D eigenvalue weighted by Crippen LogP contribution is -2.24. The van der Waals surface area contributed by atoms with Crippen molar-refractivity contribution in [2.75, 3.05) is 5.75 Å². The van der Waals surface area contributed by atoms with Gasteiger partial charge in [0, 0.05) is 18.1 Å². The molecule has 1 aromatic heterocycles. The van der Waals surface area contributed by atoms with E-state index in [-0.39, 0.29) is 18.3 Å². The lowest BCUT2D eigenvalue weighted by molar-refractivity contribution is -0.118. The first-order valence-electron chi connectivity index (χ1n) is 9.11. The number of hydrogen-bond acceptors (Lipinski definition) is 5. The Morgan fingerprint density at radius 2 is 2.00 bits per heavy atom. The van der Waals surface area contributed by atoms with Crippen LogP contribution >= 0.6 is 35.0 Å². The Morgan fingerprint density at radius 1 is 1.20 bits per heavy atom. The number of carbonyl (C=O) groups is 1. The molecule has 0 atom stereocenters. The van der Waals surface area contributed by atoms with Crippen molar-refractivity contribution in [1.82, 2.24) is 20.1 Å². The Morgan fingerprint density at radius 3 is 2.73 bits per heavy atom. The smallest absolute Gasteiger partial charge is 0.230 e. The first-order chi connectivity index (χ1) is 14.6. The van der Waals surface area contributed by atoms with Gasteiger partial charge in [0.1, 0.15) is 12.4 Å². The van der Waals surface area contributed by atoms with Gasteiger partial charge in [0.2, 0.25) is 5.91 Å². The molecule has 0 bridgehead atoms. The molecular weight excluding hydrogens is 443 g/mol. The normalized spacial score (nSPS) is 10.6. The number of rotatable bonds is 10. The molecule has 2 aromatic carbocycles. The van der Waals surface area contributed by atoms with Gasteiger partial charge in [0.25, 0.3) is 0 Å². The summed E-state index contributed by atoms with van der Waals surface area (Å²) in [6.45, 7) is 4.93. The summed E-state index contributed by atoms with van der Waals surface area (Å²) in [6, 6.07) is 14.8. The van der Waals surface area contributed by atoms with Gasteiger partial charge < -0.3 is 10.1 Å². The highest BCUT2D eigenvalue weighted by atomic mass is 35.5. The van der Waals surface area contributed by atoms with Crippen molar-refractivity contribution >= 4 is 40.9 Å². The van der Waals surface area contributed by atoms with Crippen LogP contribution in [0.25, 0.3) is 0 Å². The number of aromatic nitrogens is 3. The Bertz CT molecular complexity index is 1010. The fourth-order valence-electron chi connectivity index (χ4n) is 2.56. The minimum absolute atomic E-state index is 0.0808. The molecule has 0 aliphatic heterocycles. The van der Waals surface area contributed by atoms with Gasteiger partial charge in [-0.05, 0) is 23.8 Å². The third-order valence-corrected chi connectivity index (χ3v) is 5.52. The van der Waals surface area contributed by atoms with Gasteiger partial charge in [-0.25, -0.2) is 0 Å². The number of thioether (sulfide) groups is 1. The van der Waals surface area contributed by atoms with Crippen LogP contribution in [-0.4, -0.2) is 26.4 Å². The molecule has 9 heteroatoms. The fourth-order valence-corrected chi connectivity index (χ4v) is 3.82. The van der Waals surface area contributed by atoms with E-state index in [4.69, 9.17) is 27.9 Å². The van der Waals surface area contributed by atoms with E-state index in [2.05, 4.69) is 22.1 Å². The van der Waals surface area contributed by atoms with E-state index >= 15 is 0 Å². The van der Waals surface area contributed by atoms with Crippen LogP contribution in [0.4, 0.5) is 0 Å². The van der Waals surface area contributed by atoms with Gasteiger partial charge >= 0.3 is 0 Å². The molecule has 0 spiro atoms. The van der Waals surface area contributed by atoms with Crippen molar-refractivity contribution in [2.45, 2.75) is 24.9 Å². The van der Waals surface area contributed by atoms with Crippen molar-refractivity contribution in [3.8, 4) is 5.75 Å². The highest BCUT2D eigenvalue weighted by Gasteiger charge is 2.15. The minimum Gasteiger partial charge on any atom is -0.484 e. The molecule has 1 amide bonds. The van der Waals surface area contributed by atoms with Crippen LogP contribution in [0.15, 0.2) is 66.3 Å². The Labute approximate surface area is 189 Å². The van der Waals surface area contributed by atoms with E-state index in [0.717, 1.165) is 5.56 Å². The lowest BCUT2D eigenvalue weighted by atomic mass is 10.2. The SMILES string of the molecule is C=CCn1c(COc2ccc(Cl)cc2Cl)nnc1SCC(=O)NCc1ccccc1. The van der Waals surface area contributed by atoms with E-state index in [1.54, 1.807) is 24.3 Å². The van der Waals surface area contributed by atoms with Crippen LogP contribution in [0, 0.1) is 0 Å². The lowest BCUT2D eigenvalue weighted by Gasteiger charge is -2.10. The number of benzene rings is 2. The summed E-state index contributed by atoms with van der Waals surface area (Å²) >= 11 is 13.4. The number of ether oxygens (including phenoxy) is 1. The molecule has 0 radical (unpaired) electrons. The summed E-state index contributed by atoms with van der Waals surface area (Å²) in [4.78, 5) is 12.2. The van der Waals surface area contributed by atoms with Crippen LogP contribution in [0.2, 0.25) is 10.0 Å². The topological polar surface area (TPSA) is 69.0 Å². The van der Waals surface area contributed by atoms with Gasteiger partial charge in [0.05, 0.1) is 10.8 Å². The van der Waals surface area contributed by atoms with E-state index in [1.165, 1.54) is 11.8 Å². The number of hydrogen-bond donors (Lipinski definition) is 1. The van der Waals surface area contributed by atoms with Gasteiger partial charge in [-0.3, -0.25) is 9.36 Å². The molecule has 0 unspecified atom stereocenters. The summed E-state index contributed by atoms with van der Waals surface area (Å²) in [5, 5.41) is 12.8. The highest BCUT2D eigenvalue weighted by molar-refractivity contribution is 7.99. The third-order valence-electron chi connectivity index (χ3n) is 4.02. The van der Waals surface area contributed by atoms with Gasteiger partial charge in [-0.1, -0.05) is 71.4 Å². The molecule has 0 saturated heterocycles. The van der Waals surface area contributed by atoms with Crippen LogP contribution in [0.5, 0.6) is 5.75 Å². The Hall–Kier alpha value is -2.48. The zero-order valence-corrected chi connectivity index (χ0v) is 18.4. The number of nitrogens with zero attached hydrogens (tertiary/aromatic N) is 3. The second kappa shape index (κ2) is 11.1. The molecule has 3 rings (SSSR count). The van der Waals surface area contributed by atoms with Crippen LogP contribution in [0.3, 0.4) is 0 Å². The first kappa shape index (κ1) is 22.2. The summed E-state index contributed by atoms with van der Waals surface area (Å²) in [5.41, 5.74) is 1.05. The molecule has 1 N–H and O–H groups in total. The fraction of sp³-hybridized carbons (Fsp3) is 0.190. The molecule has 0 saturated carbocycles. The molecule has 0 fully saturated rings. The van der Waals surface area contributed by atoms with E-state index in [9.17, 15) is 4.79 Å². The van der Waals surface area contributed by atoms with Crippen molar-refractivity contribution in [2.24, 2.45) is 0 Å². The molecule has 156 valence electrons. The average molecular weight is 463 g/mol. The average Bonchev–Trinajstić information content (AvgIpc) is 3.13. The van der Waals surface area contributed by atoms with E-state index in [0.29, 0.717) is 39.9 Å². The minimum atomic E-state index is -0.0808. The number of halogens is 2. The quantitative estimate of drug-likeness (QED) is 0.347. The van der Waals surface area contributed by atoms with Crippen molar-refractivity contribution in [1.29, 1.82) is 0 Å². The third kappa shape index (κ3) is 6.26. The standard InChI is InChI=1S/C21H20Cl2N4O2S/c1-2-10-27-19(13-29-18-9-8-16(22)11-17(18)23)25-26-21(27)30-14-20(28)24-12-15-6-4-3-5-7-15/h2-9,11H,1,10,12-14H2,(H,24,28). The first-order valence-corrected chi connectivity index (χ1v) is 10.8. The van der Waals surface area contributed by atoms with Gasteiger partial charge in [-0.15, -0.1) is 16.8 Å². The van der Waals surface area contributed by atoms with Crippen molar-refractivity contribution in [3.05, 3.63) is 82.6 Å². The number of amides is 1. The van der Waals surface area contributed by atoms with Crippen LogP contribution in [-0.2, 0) is 24.5 Å². The number of nitrogens with one attached hydrogen (secondary N) is 1. The zero-order chi connectivity index (χ0) is 21.3. The molecule has 3 aromatic rings. The molecule has 0 aliphatic rings. The molecule has 0 aliphatic carbocycles. The maximum Gasteiger partial charge on any atom is 0.230 e. The Kier molecular flexibility index (Phi) is 8.19. The maximum absolute atomic E-state index is 12.2. The van der Waals surface area contributed by atoms with Crippen LogP contribution in [0.1, 0.15) is 11.4 Å². The maximum atomic E-state index is 12.2. The molecular formula is C21H20Cl2N4O2S. The van der Waals surface area contributed by atoms with Gasteiger partial charge in [-0.2, -0.15) is 0 Å². The second-order valence-electron chi connectivity index (χ2n) is 6.21. The number of carbonyl (C=O) groups excluding carboxylic acids is 1. The van der Waals surface area contributed by atoms with Gasteiger partial charge in [0.15, 0.2) is 11.0 Å². The summed E-state index contributed by atoms with van der Waals surface area (Å²) in [5.74, 6) is 1.26. The molecule has 6 nitrogen and oxygen atoms in total. The predicted molar refractivity (Wildman–Crippen MR) is 120 cm³/mol. The second-order valence-corrected chi connectivity index (χ2v) is 8.00. The van der Waals surface area contributed by atoms with Crippen LogP contribution < -0.4 is 10.1 Å². The highest BCUT2D eigenvalue weighted by Crippen LogP contribution is 2.28. The monoisotopic (exact) mass is 462 g/mol. The largest absolute Gasteiger partial charge is 0.484 e. The predicted octanol–water partition coefficient (Wildman–Crippen LogP) is 4.76. The number of allylic oxidation sites excluding steroid dienone is 1. The Balaban J connectivity index is 1.58. The zero-order valence-electron chi connectivity index (χ0n) is 16.1. The van der Waals surface area contributed by atoms with Crippen molar-refractivity contribution < 1.29 is 9.53 Å². The van der Waals surface area contributed by atoms with E-state index in [1.807, 2.05) is 34.9 Å². The summed E-state index contributed by atoms with van der Waals surface area (Å²) < 4.78 is 7.61. The summed E-state index contributed by atoms with van der Waals surface area (Å²) in [6.07, 6.45) is 1.74. The summed E-state index contributed by atoms with van der Waals surface area (Å²) in [7, 11) is 0.